The summed E-state index contributed by atoms with van der Waals surface area (Å²) in [6.45, 7) is 9.39. The second kappa shape index (κ2) is 8.72. The summed E-state index contributed by atoms with van der Waals surface area (Å²) >= 11 is 6.15. The van der Waals surface area contributed by atoms with Gasteiger partial charge in [0.2, 0.25) is 0 Å². The van der Waals surface area contributed by atoms with E-state index in [4.69, 9.17) is 16.3 Å². The number of halogens is 1. The van der Waals surface area contributed by atoms with Crippen molar-refractivity contribution in [2.75, 3.05) is 44.2 Å². The van der Waals surface area contributed by atoms with Crippen molar-refractivity contribution < 1.29 is 9.84 Å². The fraction of sp³-hybridized carbons (Fsp3) is 0.700. The number of hydrogen-bond donors (Lipinski definition) is 1. The highest BCUT2D eigenvalue weighted by atomic mass is 35.5. The number of aliphatic hydroxyl groups excluding tert-OH is 1. The number of rotatable bonds is 6. The molecule has 1 aliphatic carbocycles. The van der Waals surface area contributed by atoms with E-state index in [1.54, 1.807) is 0 Å². The smallest absolute Gasteiger partial charge is 0.0900 e. The van der Waals surface area contributed by atoms with Gasteiger partial charge in [-0.1, -0.05) is 31.0 Å². The van der Waals surface area contributed by atoms with Crippen LogP contribution in [-0.2, 0) is 4.74 Å². The number of piperazine rings is 1. The number of nitrogens with zero attached hydrogens (tertiary/aromatic N) is 2. The second-order valence-corrected chi connectivity index (χ2v) is 8.09. The SMILES string of the molecule is Cc1ccc(Cl)cc1N1CCN(C[C@H](O)CO[C@H]2CCC[C@@H]2C)CC1. The Balaban J connectivity index is 1.42. The summed E-state index contributed by atoms with van der Waals surface area (Å²) in [5.41, 5.74) is 2.49. The zero-order valence-electron chi connectivity index (χ0n) is 15.5. The first-order valence-electron chi connectivity index (χ1n) is 9.56. The van der Waals surface area contributed by atoms with Crippen LogP contribution in [0.4, 0.5) is 5.69 Å². The zero-order chi connectivity index (χ0) is 17.8. The molecule has 1 aromatic rings. The minimum absolute atomic E-state index is 0.345. The summed E-state index contributed by atoms with van der Waals surface area (Å²) in [6.07, 6.45) is 3.61. The van der Waals surface area contributed by atoms with Gasteiger partial charge in [-0.25, -0.2) is 0 Å². The highest BCUT2D eigenvalue weighted by molar-refractivity contribution is 6.30. The standard InChI is InChI=1S/C20H31ClN2O2/c1-15-6-7-17(21)12-19(15)23-10-8-22(9-11-23)13-18(24)14-25-20-5-3-4-16(20)2/h6-7,12,16,18,20,24H,3-5,8-11,13-14H2,1-2H3/t16-,18-,20-/m0/s1. The molecule has 2 fully saturated rings. The van der Waals surface area contributed by atoms with Gasteiger partial charge in [-0.05, 0) is 43.4 Å². The number of aliphatic hydroxyl groups is 1. The lowest BCUT2D eigenvalue weighted by atomic mass is 10.1. The molecule has 0 amide bonds. The molecule has 1 N–H and O–H groups in total. The minimum atomic E-state index is -0.396. The van der Waals surface area contributed by atoms with Gasteiger partial charge in [0.15, 0.2) is 0 Å². The van der Waals surface area contributed by atoms with Crippen LogP contribution < -0.4 is 4.90 Å². The van der Waals surface area contributed by atoms with Crippen LogP contribution >= 0.6 is 11.6 Å². The van der Waals surface area contributed by atoms with E-state index in [2.05, 4.69) is 35.8 Å². The summed E-state index contributed by atoms with van der Waals surface area (Å²) in [4.78, 5) is 4.73. The van der Waals surface area contributed by atoms with Crippen LogP contribution in [0.5, 0.6) is 0 Å². The molecule has 3 atom stereocenters. The number of anilines is 1. The van der Waals surface area contributed by atoms with Gasteiger partial charge < -0.3 is 14.7 Å². The highest BCUT2D eigenvalue weighted by Crippen LogP contribution is 2.28. The van der Waals surface area contributed by atoms with Crippen LogP contribution in [0.2, 0.25) is 5.02 Å². The fourth-order valence-electron chi connectivity index (χ4n) is 4.04. The molecule has 4 nitrogen and oxygen atoms in total. The lowest BCUT2D eigenvalue weighted by Gasteiger charge is -2.37. The Bertz CT molecular complexity index is 561. The minimum Gasteiger partial charge on any atom is -0.389 e. The normalized spacial score (nSPS) is 26.2. The molecular weight excluding hydrogens is 336 g/mol. The summed E-state index contributed by atoms with van der Waals surface area (Å²) in [7, 11) is 0. The maximum Gasteiger partial charge on any atom is 0.0900 e. The van der Waals surface area contributed by atoms with Gasteiger partial charge in [0, 0.05) is 43.4 Å². The predicted octanol–water partition coefficient (Wildman–Crippen LogP) is 3.34. The van der Waals surface area contributed by atoms with Crippen LogP contribution in [0, 0.1) is 12.8 Å². The van der Waals surface area contributed by atoms with Crippen molar-refractivity contribution in [2.24, 2.45) is 5.92 Å². The Morgan fingerprint density at radius 1 is 1.24 bits per heavy atom. The molecule has 1 heterocycles. The molecule has 1 saturated carbocycles. The van der Waals surface area contributed by atoms with E-state index in [1.807, 2.05) is 6.07 Å². The molecule has 140 valence electrons. The Hall–Kier alpha value is -0.810. The van der Waals surface area contributed by atoms with Gasteiger partial charge in [0.25, 0.3) is 0 Å². The molecule has 0 bridgehead atoms. The number of β-amino-alcohol motifs (C(OH)–C–C–N with tert-alkyl or cyclic N) is 1. The van der Waals surface area contributed by atoms with Gasteiger partial charge >= 0.3 is 0 Å². The molecule has 1 saturated heterocycles. The van der Waals surface area contributed by atoms with Crippen molar-refractivity contribution >= 4 is 17.3 Å². The summed E-state index contributed by atoms with van der Waals surface area (Å²) in [5.74, 6) is 0.636. The lowest BCUT2D eigenvalue weighted by Crippen LogP contribution is -2.49. The van der Waals surface area contributed by atoms with Crippen molar-refractivity contribution in [1.82, 2.24) is 4.90 Å². The average molecular weight is 367 g/mol. The van der Waals surface area contributed by atoms with Gasteiger partial charge in [0.05, 0.1) is 18.8 Å². The highest BCUT2D eigenvalue weighted by Gasteiger charge is 2.26. The molecule has 2 aliphatic rings. The largest absolute Gasteiger partial charge is 0.389 e. The van der Waals surface area contributed by atoms with Crippen molar-refractivity contribution in [1.29, 1.82) is 0 Å². The van der Waals surface area contributed by atoms with Gasteiger partial charge in [0.1, 0.15) is 0 Å². The Labute approximate surface area is 156 Å². The number of hydrogen-bond acceptors (Lipinski definition) is 4. The van der Waals surface area contributed by atoms with Crippen LogP contribution in [-0.4, -0.2) is 61.5 Å². The third-order valence-electron chi connectivity index (χ3n) is 5.64. The van der Waals surface area contributed by atoms with Crippen molar-refractivity contribution in [3.63, 3.8) is 0 Å². The van der Waals surface area contributed by atoms with Crippen LogP contribution in [0.3, 0.4) is 0 Å². The average Bonchev–Trinajstić information content (AvgIpc) is 3.01. The maximum absolute atomic E-state index is 10.3. The summed E-state index contributed by atoms with van der Waals surface area (Å²) in [6, 6.07) is 6.07. The first-order chi connectivity index (χ1) is 12.0. The van der Waals surface area contributed by atoms with Gasteiger partial charge in [-0.2, -0.15) is 0 Å². The van der Waals surface area contributed by atoms with E-state index >= 15 is 0 Å². The Morgan fingerprint density at radius 3 is 2.68 bits per heavy atom. The Morgan fingerprint density at radius 2 is 2.00 bits per heavy atom. The molecule has 5 heteroatoms. The molecule has 0 aromatic heterocycles. The predicted molar refractivity (Wildman–Crippen MR) is 104 cm³/mol. The zero-order valence-corrected chi connectivity index (χ0v) is 16.2. The second-order valence-electron chi connectivity index (χ2n) is 7.65. The molecular formula is C20H31ClN2O2. The monoisotopic (exact) mass is 366 g/mol. The summed E-state index contributed by atoms with van der Waals surface area (Å²) < 4.78 is 5.94. The molecule has 0 unspecified atom stereocenters. The molecule has 1 aromatic carbocycles. The number of aryl methyl sites for hydroxylation is 1. The van der Waals surface area contributed by atoms with Crippen molar-refractivity contribution in [3.8, 4) is 0 Å². The quantitative estimate of drug-likeness (QED) is 0.837. The van der Waals surface area contributed by atoms with Gasteiger partial charge in [-0.15, -0.1) is 0 Å². The van der Waals surface area contributed by atoms with E-state index in [0.717, 1.165) is 37.6 Å². The Kier molecular flexibility index (Phi) is 6.61. The number of benzene rings is 1. The van der Waals surface area contributed by atoms with Crippen LogP contribution in [0.25, 0.3) is 0 Å². The third kappa shape index (κ3) is 5.10. The topological polar surface area (TPSA) is 35.9 Å². The molecule has 0 spiro atoms. The molecule has 1 aliphatic heterocycles. The van der Waals surface area contributed by atoms with Crippen LogP contribution in [0.1, 0.15) is 31.7 Å². The molecule has 3 rings (SSSR count). The van der Waals surface area contributed by atoms with E-state index in [1.165, 1.54) is 24.1 Å². The summed E-state index contributed by atoms with van der Waals surface area (Å²) in [5, 5.41) is 11.1. The van der Waals surface area contributed by atoms with Crippen molar-refractivity contribution in [2.45, 2.75) is 45.3 Å². The maximum atomic E-state index is 10.3. The van der Waals surface area contributed by atoms with E-state index in [9.17, 15) is 5.11 Å². The number of ether oxygens (including phenoxy) is 1. The third-order valence-corrected chi connectivity index (χ3v) is 5.87. The lowest BCUT2D eigenvalue weighted by molar-refractivity contribution is -0.0321. The molecule has 0 radical (unpaired) electrons. The van der Waals surface area contributed by atoms with E-state index in [-0.39, 0.29) is 0 Å². The van der Waals surface area contributed by atoms with Crippen molar-refractivity contribution in [3.05, 3.63) is 28.8 Å². The van der Waals surface area contributed by atoms with Gasteiger partial charge in [-0.3, -0.25) is 4.90 Å². The van der Waals surface area contributed by atoms with Crippen LogP contribution in [0.15, 0.2) is 18.2 Å². The first-order valence-corrected chi connectivity index (χ1v) is 9.94. The van der Waals surface area contributed by atoms with E-state index < -0.39 is 6.10 Å². The van der Waals surface area contributed by atoms with E-state index in [0.29, 0.717) is 25.2 Å². The first kappa shape index (κ1) is 19.0. The molecule has 25 heavy (non-hydrogen) atoms. The fourth-order valence-corrected chi connectivity index (χ4v) is 4.21.